The Labute approximate surface area is 121 Å². The second kappa shape index (κ2) is 4.22. The lowest BCUT2D eigenvalue weighted by molar-refractivity contribution is 0.0687. The van der Waals surface area contributed by atoms with Gasteiger partial charge in [-0.25, -0.2) is 9.78 Å². The summed E-state index contributed by atoms with van der Waals surface area (Å²) in [5.74, 6) is -0.306. The van der Waals surface area contributed by atoms with E-state index >= 15 is 0 Å². The minimum atomic E-state index is -0.913. The Kier molecular flexibility index (Phi) is 2.45. The van der Waals surface area contributed by atoms with Gasteiger partial charge < -0.3 is 14.2 Å². The molecule has 2 aromatic heterocycles. The first kappa shape index (κ1) is 12.2. The van der Waals surface area contributed by atoms with Gasteiger partial charge in [-0.15, -0.1) is 0 Å². The van der Waals surface area contributed by atoms with Crippen LogP contribution in [0.5, 0.6) is 0 Å². The lowest BCUT2D eigenvalue weighted by Crippen LogP contribution is -2.03. The number of rotatable bonds is 3. The third-order valence-electron chi connectivity index (χ3n) is 4.16. The van der Waals surface area contributed by atoms with Gasteiger partial charge in [0.25, 0.3) is 0 Å². The summed E-state index contributed by atoms with van der Waals surface area (Å²) < 4.78 is 3.70. The number of aromatic nitrogens is 3. The molecule has 106 valence electrons. The van der Waals surface area contributed by atoms with Crippen molar-refractivity contribution < 1.29 is 9.90 Å². The number of nitrogens with zero attached hydrogens (tertiary/aromatic N) is 3. The average molecular weight is 281 g/mol. The SMILES string of the molecule is Cn1c(C(=O)O)cc2c(-n3cnc(C4CC4)c3)cccc21. The Hall–Kier alpha value is -2.56. The maximum absolute atomic E-state index is 11.3. The first-order valence-corrected chi connectivity index (χ1v) is 7.01. The Morgan fingerprint density at radius 1 is 1.38 bits per heavy atom. The van der Waals surface area contributed by atoms with Crippen molar-refractivity contribution >= 4 is 16.9 Å². The van der Waals surface area contributed by atoms with Crippen molar-refractivity contribution in [3.05, 3.63) is 48.2 Å². The quantitative estimate of drug-likeness (QED) is 0.803. The number of benzene rings is 1. The van der Waals surface area contributed by atoms with Gasteiger partial charge in [0.15, 0.2) is 0 Å². The molecule has 5 heteroatoms. The van der Waals surface area contributed by atoms with E-state index < -0.39 is 5.97 Å². The molecular formula is C16H15N3O2. The van der Waals surface area contributed by atoms with Crippen LogP contribution in [0.25, 0.3) is 16.6 Å². The molecule has 1 N–H and O–H groups in total. The molecule has 0 amide bonds. The highest BCUT2D eigenvalue weighted by Gasteiger charge is 2.26. The molecule has 0 bridgehead atoms. The number of fused-ring (bicyclic) bond motifs is 1. The number of carboxylic acids is 1. The van der Waals surface area contributed by atoms with Crippen molar-refractivity contribution in [1.29, 1.82) is 0 Å². The van der Waals surface area contributed by atoms with Crippen molar-refractivity contribution in [3.63, 3.8) is 0 Å². The highest BCUT2D eigenvalue weighted by Crippen LogP contribution is 2.39. The van der Waals surface area contributed by atoms with E-state index in [1.807, 2.05) is 29.1 Å². The molecule has 0 radical (unpaired) electrons. The zero-order valence-corrected chi connectivity index (χ0v) is 11.7. The van der Waals surface area contributed by atoms with E-state index in [0.29, 0.717) is 11.6 Å². The summed E-state index contributed by atoms with van der Waals surface area (Å²) in [6.45, 7) is 0. The van der Waals surface area contributed by atoms with Crippen LogP contribution in [-0.4, -0.2) is 25.2 Å². The molecule has 0 atom stereocenters. The number of hydrogen-bond donors (Lipinski definition) is 1. The second-order valence-corrected chi connectivity index (χ2v) is 5.58. The first-order chi connectivity index (χ1) is 10.1. The summed E-state index contributed by atoms with van der Waals surface area (Å²) in [4.78, 5) is 15.8. The largest absolute Gasteiger partial charge is 0.477 e. The van der Waals surface area contributed by atoms with E-state index in [1.54, 1.807) is 17.7 Å². The topological polar surface area (TPSA) is 60.1 Å². The van der Waals surface area contributed by atoms with Gasteiger partial charge in [-0.1, -0.05) is 6.07 Å². The Morgan fingerprint density at radius 3 is 2.90 bits per heavy atom. The first-order valence-electron chi connectivity index (χ1n) is 7.01. The summed E-state index contributed by atoms with van der Waals surface area (Å²) in [5, 5.41) is 10.2. The molecule has 3 aromatic rings. The van der Waals surface area contributed by atoms with Gasteiger partial charge in [-0.2, -0.15) is 0 Å². The van der Waals surface area contributed by atoms with Crippen LogP contribution in [0.4, 0.5) is 0 Å². The number of imidazole rings is 1. The van der Waals surface area contributed by atoms with Gasteiger partial charge >= 0.3 is 5.97 Å². The van der Waals surface area contributed by atoms with E-state index in [1.165, 1.54) is 12.8 Å². The number of aryl methyl sites for hydroxylation is 1. The lowest BCUT2D eigenvalue weighted by Gasteiger charge is -2.04. The summed E-state index contributed by atoms with van der Waals surface area (Å²) in [6.07, 6.45) is 6.31. The maximum atomic E-state index is 11.3. The number of aromatic carboxylic acids is 1. The molecule has 4 rings (SSSR count). The number of hydrogen-bond acceptors (Lipinski definition) is 2. The molecule has 0 aliphatic heterocycles. The monoisotopic (exact) mass is 281 g/mol. The van der Waals surface area contributed by atoms with Gasteiger partial charge in [0.2, 0.25) is 0 Å². The van der Waals surface area contributed by atoms with Gasteiger partial charge in [0, 0.05) is 24.5 Å². The minimum absolute atomic E-state index is 0.292. The molecule has 1 saturated carbocycles. The van der Waals surface area contributed by atoms with E-state index in [-0.39, 0.29) is 0 Å². The predicted molar refractivity (Wildman–Crippen MR) is 79.0 cm³/mol. The molecule has 0 spiro atoms. The Bertz CT molecular complexity index is 856. The third-order valence-corrected chi connectivity index (χ3v) is 4.16. The zero-order valence-electron chi connectivity index (χ0n) is 11.7. The van der Waals surface area contributed by atoms with E-state index in [9.17, 15) is 9.90 Å². The van der Waals surface area contributed by atoms with Crippen molar-refractivity contribution in [2.45, 2.75) is 18.8 Å². The fraction of sp³-hybridized carbons (Fsp3) is 0.250. The fourth-order valence-corrected chi connectivity index (χ4v) is 2.83. The third kappa shape index (κ3) is 1.85. The fourth-order valence-electron chi connectivity index (χ4n) is 2.83. The van der Waals surface area contributed by atoms with Crippen molar-refractivity contribution in [3.8, 4) is 5.69 Å². The highest BCUT2D eigenvalue weighted by molar-refractivity contribution is 5.97. The predicted octanol–water partition coefficient (Wildman–Crippen LogP) is 2.94. The highest BCUT2D eigenvalue weighted by atomic mass is 16.4. The number of carbonyl (C=O) groups is 1. The normalized spacial score (nSPS) is 14.7. The van der Waals surface area contributed by atoms with Crippen LogP contribution in [0.1, 0.15) is 34.9 Å². The van der Waals surface area contributed by atoms with Crippen LogP contribution in [0.2, 0.25) is 0 Å². The molecule has 0 unspecified atom stereocenters. The van der Waals surface area contributed by atoms with Crippen LogP contribution in [0.3, 0.4) is 0 Å². The Balaban J connectivity index is 1.91. The van der Waals surface area contributed by atoms with Crippen molar-refractivity contribution in [2.75, 3.05) is 0 Å². The van der Waals surface area contributed by atoms with Crippen LogP contribution in [0, 0.1) is 0 Å². The standard InChI is InChI=1S/C16H15N3O2/c1-18-13-3-2-4-14(11(13)7-15(18)16(20)21)19-8-12(17-9-19)10-5-6-10/h2-4,7-10H,5-6H2,1H3,(H,20,21). The van der Waals surface area contributed by atoms with Crippen LogP contribution in [-0.2, 0) is 7.05 Å². The van der Waals surface area contributed by atoms with Crippen LogP contribution >= 0.6 is 0 Å². The second-order valence-electron chi connectivity index (χ2n) is 5.58. The van der Waals surface area contributed by atoms with E-state index in [4.69, 9.17) is 0 Å². The molecule has 2 heterocycles. The molecule has 1 fully saturated rings. The summed E-state index contributed by atoms with van der Waals surface area (Å²) in [6, 6.07) is 7.60. The zero-order chi connectivity index (χ0) is 14.6. The molecule has 0 saturated heterocycles. The van der Waals surface area contributed by atoms with Gasteiger partial charge in [0.1, 0.15) is 5.69 Å². The average Bonchev–Trinajstić information content (AvgIpc) is 3.10. The maximum Gasteiger partial charge on any atom is 0.352 e. The van der Waals surface area contributed by atoms with E-state index in [0.717, 1.165) is 22.3 Å². The smallest absolute Gasteiger partial charge is 0.352 e. The molecular weight excluding hydrogens is 266 g/mol. The van der Waals surface area contributed by atoms with Crippen molar-refractivity contribution in [1.82, 2.24) is 14.1 Å². The van der Waals surface area contributed by atoms with Gasteiger partial charge in [-0.05, 0) is 31.0 Å². The molecule has 1 aliphatic rings. The molecule has 5 nitrogen and oxygen atoms in total. The molecule has 1 aliphatic carbocycles. The van der Waals surface area contributed by atoms with Crippen LogP contribution in [0.15, 0.2) is 36.8 Å². The summed E-state index contributed by atoms with van der Waals surface area (Å²) >= 11 is 0. The molecule has 1 aromatic carbocycles. The summed E-state index contributed by atoms with van der Waals surface area (Å²) in [7, 11) is 1.78. The minimum Gasteiger partial charge on any atom is -0.477 e. The lowest BCUT2D eigenvalue weighted by atomic mass is 10.2. The van der Waals surface area contributed by atoms with Gasteiger partial charge in [0.05, 0.1) is 23.2 Å². The van der Waals surface area contributed by atoms with Crippen LogP contribution < -0.4 is 0 Å². The van der Waals surface area contributed by atoms with E-state index in [2.05, 4.69) is 11.2 Å². The van der Waals surface area contributed by atoms with Crippen molar-refractivity contribution in [2.24, 2.45) is 7.05 Å². The van der Waals surface area contributed by atoms with Gasteiger partial charge in [-0.3, -0.25) is 0 Å². The Morgan fingerprint density at radius 2 is 2.19 bits per heavy atom. The molecule has 21 heavy (non-hydrogen) atoms. The summed E-state index contributed by atoms with van der Waals surface area (Å²) in [5.41, 5.74) is 3.29. The number of carboxylic acid groups (broad SMARTS) is 1.